The Labute approximate surface area is 802 Å². The first kappa shape index (κ1) is 101. The molecule has 0 radical (unpaired) electrons. The molecule has 4 unspecified atom stereocenters. The number of carbonyl (C=O) groups excluding carboxylic acids is 6. The minimum Gasteiger partial charge on any atom is -0.491 e. The molecule has 0 bridgehead atoms. The maximum atomic E-state index is 14.2. The Hall–Kier alpha value is -13.4. The minimum absolute atomic E-state index is 0.0231. The van der Waals surface area contributed by atoms with Gasteiger partial charge in [0.2, 0.25) is 11.8 Å². The quantitative estimate of drug-likeness (QED) is 0.0358. The van der Waals surface area contributed by atoms with Crippen LogP contribution in [0.1, 0.15) is 221 Å². The first-order valence-corrected chi connectivity index (χ1v) is 48.0. The lowest BCUT2D eigenvalue weighted by Gasteiger charge is -2.33. The van der Waals surface area contributed by atoms with Crippen LogP contribution in [0.15, 0.2) is 289 Å². The van der Waals surface area contributed by atoms with E-state index in [2.05, 4.69) is 87.0 Å². The predicted molar refractivity (Wildman–Crippen MR) is 540 cm³/mol. The van der Waals surface area contributed by atoms with E-state index in [-0.39, 0.29) is 69.3 Å². The number of amides is 7. The number of aryl methyl sites for hydroxylation is 2. The topological polar surface area (TPSA) is 230 Å². The van der Waals surface area contributed by atoms with Crippen LogP contribution in [0.25, 0.3) is 33.2 Å². The van der Waals surface area contributed by atoms with Gasteiger partial charge in [0.15, 0.2) is 0 Å². The SMILES string of the molecule is CC(C)(C)c1ccc(CN(C(=O)Nc2ccccc2)C2CCCCNC2=O)cc1.CCC(c1nc2ccccc2c(=O)n1-c1ccc(OC(C)C)cc1)N(CCc1ccccc1)C(=O)c1ccccc1Cl.CCCCCCN(C(=O)c1ccc(CC)cc1)C(CC)c1nc2ccccc2c(=O)n1-c1ccc(F)c(Cl)c1.Cc1cccc(C(=O)N2CCCC2C(=O)NCCc2ccccc2)c1. The Morgan fingerprint density at radius 3 is 1.70 bits per heavy atom. The molecule has 0 saturated carbocycles. The van der Waals surface area contributed by atoms with E-state index in [9.17, 15) is 42.7 Å². The molecule has 135 heavy (non-hydrogen) atoms. The number of para-hydroxylation sites is 3. The van der Waals surface area contributed by atoms with Gasteiger partial charge in [-0.15, -0.1) is 0 Å². The zero-order chi connectivity index (χ0) is 96.1. The van der Waals surface area contributed by atoms with Crippen molar-refractivity contribution in [1.29, 1.82) is 0 Å². The number of ether oxygens (including phenoxy) is 1. The van der Waals surface area contributed by atoms with E-state index in [1.54, 1.807) is 67.8 Å². The molecule has 23 heteroatoms. The Kier molecular flexibility index (Phi) is 36.5. The summed E-state index contributed by atoms with van der Waals surface area (Å²) in [5, 5.41) is 10.1. The molecule has 2 aliphatic heterocycles. The number of rotatable bonds is 30. The lowest BCUT2D eigenvalue weighted by atomic mass is 9.86. The predicted octanol–water partition coefficient (Wildman–Crippen LogP) is 23.2. The van der Waals surface area contributed by atoms with E-state index < -0.39 is 23.9 Å². The second-order valence-corrected chi connectivity index (χ2v) is 36.2. The molecule has 4 atom stereocenters. The molecule has 2 saturated heterocycles. The summed E-state index contributed by atoms with van der Waals surface area (Å²) >= 11 is 12.7. The van der Waals surface area contributed by atoms with Crippen LogP contribution in [-0.4, -0.2) is 125 Å². The van der Waals surface area contributed by atoms with Crippen molar-refractivity contribution in [3.8, 4) is 17.1 Å². The van der Waals surface area contributed by atoms with Gasteiger partial charge in [-0.05, 0) is 240 Å². The average Bonchev–Trinajstić information content (AvgIpc) is 0.844. The lowest BCUT2D eigenvalue weighted by Crippen LogP contribution is -2.49. The fraction of sp³-hybridized carbons (Fsp3) is 0.321. The van der Waals surface area contributed by atoms with Crippen LogP contribution < -0.4 is 31.8 Å². The summed E-state index contributed by atoms with van der Waals surface area (Å²) in [7, 11) is 0. The Morgan fingerprint density at radius 1 is 0.548 bits per heavy atom. The number of benzene rings is 11. The lowest BCUT2D eigenvalue weighted by molar-refractivity contribution is -0.125. The standard InChI is InChI=1S/C35H34ClN3O3.C32H35ClFN3O2.C24H31N3O2.C21H24N2O2/c1-4-32(38(23-22-25-12-6-5-7-13-25)34(40)28-14-8-10-16-30(28)36)33-37-31-17-11-9-15-29(31)35(41)39(33)26-18-20-27(21-19-26)42-24(2)3;1-4-7-8-11-20-36(31(38)23-16-14-22(5-2)15-17-23)29(6-3)30-35-28-13-10-9-12-25(28)32(39)37(30)24-18-19-27(34)26(33)21-24;1-24(2,3)19-14-12-18(13-15-19)17-27(21-11-7-8-16-25-22(21)28)23(29)26-20-9-5-4-6-10-20;1-16-7-5-10-18(15-16)21(25)23-14-6-11-19(23)20(24)22-13-12-17-8-3-2-4-9-17/h5-21,24,32H,4,22-23H2,1-3H3;9-10,12-19,21,29H,4-8,11,20H2,1-3H3;4-6,9-10,12-15,21H,7-8,11,16-17H2,1-3H3,(H,25,28)(H,26,29);2-5,7-10,15,19H,6,11-14H2,1H3,(H,22,24). The molecule has 7 amide bonds. The molecule has 4 heterocycles. The minimum atomic E-state index is -0.570. The van der Waals surface area contributed by atoms with Gasteiger partial charge in [-0.1, -0.05) is 260 Å². The maximum Gasteiger partial charge on any atom is 0.322 e. The third-order valence-corrected chi connectivity index (χ3v) is 24.9. The van der Waals surface area contributed by atoms with Crippen LogP contribution in [0.2, 0.25) is 10.0 Å². The van der Waals surface area contributed by atoms with E-state index in [1.165, 1.54) is 33.9 Å². The monoisotopic (exact) mass is 1860 g/mol. The average molecular weight is 1860 g/mol. The van der Waals surface area contributed by atoms with Crippen molar-refractivity contribution in [3.05, 3.63) is 377 Å². The molecule has 2 aromatic heterocycles. The van der Waals surface area contributed by atoms with E-state index in [0.29, 0.717) is 137 Å². The molecular weight excluding hydrogens is 1730 g/mol. The number of aromatic nitrogens is 4. The summed E-state index contributed by atoms with van der Waals surface area (Å²) in [6.45, 7) is 23.9. The van der Waals surface area contributed by atoms with E-state index >= 15 is 0 Å². The first-order chi connectivity index (χ1) is 65.2. The van der Waals surface area contributed by atoms with Crippen LogP contribution >= 0.6 is 23.2 Å². The fourth-order valence-electron chi connectivity index (χ4n) is 17.0. The van der Waals surface area contributed by atoms with E-state index in [1.807, 2.05) is 215 Å². The van der Waals surface area contributed by atoms with Crippen molar-refractivity contribution in [2.24, 2.45) is 0 Å². The van der Waals surface area contributed by atoms with Crippen molar-refractivity contribution < 1.29 is 37.9 Å². The van der Waals surface area contributed by atoms with Gasteiger partial charge in [-0.3, -0.25) is 42.7 Å². The van der Waals surface area contributed by atoms with Crippen molar-refractivity contribution >= 4 is 86.3 Å². The highest BCUT2D eigenvalue weighted by Crippen LogP contribution is 2.35. The number of hydrogen-bond acceptors (Lipinski definition) is 11. The highest BCUT2D eigenvalue weighted by Gasteiger charge is 2.37. The summed E-state index contributed by atoms with van der Waals surface area (Å²) in [5.41, 5.74) is 10.9. The highest BCUT2D eigenvalue weighted by atomic mass is 35.5. The Balaban J connectivity index is 0.000000165. The van der Waals surface area contributed by atoms with E-state index in [4.69, 9.17) is 37.9 Å². The summed E-state index contributed by atoms with van der Waals surface area (Å²) in [4.78, 5) is 124. The largest absolute Gasteiger partial charge is 0.491 e. The molecule has 2 aliphatic rings. The second-order valence-electron chi connectivity index (χ2n) is 35.4. The first-order valence-electron chi connectivity index (χ1n) is 47.2. The number of halogens is 3. The molecule has 3 N–H and O–H groups in total. The van der Waals surface area contributed by atoms with Crippen LogP contribution in [0, 0.1) is 12.7 Å². The summed E-state index contributed by atoms with van der Waals surface area (Å²) < 4.78 is 23.0. The van der Waals surface area contributed by atoms with Gasteiger partial charge >= 0.3 is 6.03 Å². The van der Waals surface area contributed by atoms with Crippen LogP contribution in [0.5, 0.6) is 5.75 Å². The molecule has 2 fully saturated rings. The van der Waals surface area contributed by atoms with E-state index in [0.717, 1.165) is 92.1 Å². The van der Waals surface area contributed by atoms with Crippen molar-refractivity contribution in [3.63, 3.8) is 0 Å². The van der Waals surface area contributed by atoms with Crippen molar-refractivity contribution in [2.45, 2.75) is 201 Å². The fourth-order valence-corrected chi connectivity index (χ4v) is 17.4. The maximum absolute atomic E-state index is 14.2. The number of likely N-dealkylation sites (tertiary alicyclic amines) is 1. The number of unbranched alkanes of at least 4 members (excludes halogenated alkanes) is 3. The van der Waals surface area contributed by atoms with Gasteiger partial charge in [-0.2, -0.15) is 0 Å². The molecule has 0 spiro atoms. The van der Waals surface area contributed by atoms with Gasteiger partial charge in [0.1, 0.15) is 35.3 Å². The molecule has 702 valence electrons. The number of nitrogens with zero attached hydrogens (tertiary/aromatic N) is 8. The number of fused-ring (bicyclic) bond motifs is 2. The van der Waals surface area contributed by atoms with Crippen LogP contribution in [0.4, 0.5) is 14.9 Å². The Bertz CT molecular complexity index is 6280. The van der Waals surface area contributed by atoms with Crippen LogP contribution in [0.3, 0.4) is 0 Å². The zero-order valence-corrected chi connectivity index (χ0v) is 80.5. The summed E-state index contributed by atoms with van der Waals surface area (Å²) in [6, 6.07) is 84.1. The van der Waals surface area contributed by atoms with Gasteiger partial charge in [0.25, 0.3) is 28.8 Å². The number of carbonyl (C=O) groups is 6. The van der Waals surface area contributed by atoms with Gasteiger partial charge in [0.05, 0.1) is 67.0 Å². The normalized spacial score (nSPS) is 14.0. The molecule has 20 nitrogen and oxygen atoms in total. The third kappa shape index (κ3) is 26.8. The molecule has 13 aromatic rings. The van der Waals surface area contributed by atoms with Crippen molar-refractivity contribution in [1.82, 2.24) is 49.3 Å². The molecule has 15 rings (SSSR count). The smallest absolute Gasteiger partial charge is 0.322 e. The Morgan fingerprint density at radius 2 is 1.12 bits per heavy atom. The number of nitrogens with one attached hydrogen (secondary N) is 3. The molecule has 0 aliphatic carbocycles. The van der Waals surface area contributed by atoms with Gasteiger partial charge < -0.3 is 40.3 Å². The van der Waals surface area contributed by atoms with Crippen molar-refractivity contribution in [2.75, 3.05) is 38.0 Å². The third-order valence-electron chi connectivity index (χ3n) is 24.3. The second kappa shape index (κ2) is 49.0. The van der Waals surface area contributed by atoms with Gasteiger partial charge in [-0.25, -0.2) is 19.2 Å². The zero-order valence-electron chi connectivity index (χ0n) is 79.0. The molecular formula is C112H124Cl2FN11O9. The summed E-state index contributed by atoms with van der Waals surface area (Å²) in [6.07, 6.45) is 11.5. The number of hydrogen-bond donors (Lipinski definition) is 3. The molecule has 11 aromatic carbocycles. The summed E-state index contributed by atoms with van der Waals surface area (Å²) in [5.74, 6) is 0.577. The van der Waals surface area contributed by atoms with Crippen LogP contribution in [-0.2, 0) is 40.8 Å². The number of urea groups is 1. The highest BCUT2D eigenvalue weighted by molar-refractivity contribution is 6.33. The number of anilines is 1. The van der Waals surface area contributed by atoms with Gasteiger partial charge in [0, 0.05) is 56.1 Å².